The molecule has 4 nitrogen and oxygen atoms in total. The average Bonchev–Trinajstić information content (AvgIpc) is 3.23. The molecule has 0 saturated carbocycles. The molecule has 0 saturated heterocycles. The smallest absolute Gasteiger partial charge is 0.153 e. The third kappa shape index (κ3) is 24.6. The van der Waals surface area contributed by atoms with Gasteiger partial charge in [0.25, 0.3) is 0 Å². The van der Waals surface area contributed by atoms with Crippen molar-refractivity contribution in [2.24, 2.45) is 5.92 Å². The van der Waals surface area contributed by atoms with Crippen LogP contribution in [0.3, 0.4) is 0 Å². The minimum atomic E-state index is -1.15. The van der Waals surface area contributed by atoms with E-state index in [0.29, 0.717) is 6.54 Å². The lowest BCUT2D eigenvalue weighted by Gasteiger charge is -2.25. The maximum Gasteiger partial charge on any atom is 0.153 e. The number of nitrogens with one attached hydrogen (secondary N) is 2. The van der Waals surface area contributed by atoms with Crippen LogP contribution in [0.5, 0.6) is 0 Å². The van der Waals surface area contributed by atoms with Crippen LogP contribution in [0, 0.1) is 5.92 Å². The molecule has 318 valence electrons. The number of quaternary nitrogens is 1. The number of aldehydes is 1. The molecule has 6 aromatic rings. The Hall–Kier alpha value is -5.33. The molecule has 0 aliphatic heterocycles. The van der Waals surface area contributed by atoms with E-state index in [1.54, 1.807) is 13.8 Å². The Labute approximate surface area is 367 Å². The minimum Gasteiger partial charge on any atom is -1.00 e. The highest BCUT2D eigenvalue weighted by Crippen LogP contribution is 2.12. The van der Waals surface area contributed by atoms with Crippen molar-refractivity contribution in [3.63, 3.8) is 0 Å². The molecule has 0 unspecified atom stereocenters. The summed E-state index contributed by atoms with van der Waals surface area (Å²) in [6.07, 6.45) is 3.15. The Balaban J connectivity index is 0.000000293. The number of carbonyl (C=O) groups excluding carboxylic acids is 1. The van der Waals surface area contributed by atoms with E-state index in [1.807, 2.05) is 62.4 Å². The van der Waals surface area contributed by atoms with Crippen molar-refractivity contribution in [2.45, 2.75) is 86.5 Å². The number of hydrogen-bond acceptors (Lipinski definition) is 3. The van der Waals surface area contributed by atoms with Crippen molar-refractivity contribution in [3.05, 3.63) is 227 Å². The first kappa shape index (κ1) is 50.8. The Kier molecular flexibility index (Phi) is 25.2. The number of allylic oxidation sites excluding steroid dienone is 1. The van der Waals surface area contributed by atoms with Gasteiger partial charge in [-0.1, -0.05) is 201 Å². The van der Waals surface area contributed by atoms with E-state index < -0.39 is 5.67 Å². The number of benzene rings is 6. The summed E-state index contributed by atoms with van der Waals surface area (Å²) >= 11 is 0. The second-order valence-electron chi connectivity index (χ2n) is 16.0. The zero-order valence-corrected chi connectivity index (χ0v) is 37.4. The van der Waals surface area contributed by atoms with Gasteiger partial charge in [0.05, 0.1) is 0 Å². The van der Waals surface area contributed by atoms with Crippen LogP contribution in [-0.2, 0) is 44.1 Å². The van der Waals surface area contributed by atoms with Crippen LogP contribution < -0.4 is 22.6 Å². The lowest BCUT2D eigenvalue weighted by molar-refractivity contribution is -0.932. The number of nitrogens with zero attached hydrogens (tertiary/aromatic N) is 1. The predicted molar refractivity (Wildman–Crippen MR) is 247 cm³/mol. The van der Waals surface area contributed by atoms with Gasteiger partial charge in [-0.15, -0.1) is 0 Å². The predicted octanol–water partition coefficient (Wildman–Crippen LogP) is 8.45. The first-order valence-electron chi connectivity index (χ1n) is 20.8. The zero-order valence-electron chi connectivity index (χ0n) is 36.6. The summed E-state index contributed by atoms with van der Waals surface area (Å²) in [6.45, 7) is 17.3. The molecule has 0 atom stereocenters. The van der Waals surface area contributed by atoms with Gasteiger partial charge in [0.2, 0.25) is 0 Å². The van der Waals surface area contributed by atoms with E-state index in [-0.39, 0.29) is 18.3 Å². The average molecular weight is 829 g/mol. The standard InChI is InChI=1S/C18H22FN.C18H21N.C14H15N.C4H8O.ClH/c1-18(2,19)15-20(13-16-9-5-3-6-10-16)14-17-11-7-4-8-12-17;1-16(2)13-19(14-17-9-5-3-6-10-17)15-18-11-7-4-8-12-18;1-3-7-13(8-4-1)11-15-12-14-9-5-2-6-10-14;1-4(2)3-5;/h3-12H,13-15H2,1-2H3;3-13H,14-15H2,1-2H3;1-10,15H,11-12H2;3-4H,1-2H3;1H. The highest BCUT2D eigenvalue weighted by molar-refractivity contribution is 5.51. The monoisotopic (exact) mass is 827 g/mol. The van der Waals surface area contributed by atoms with E-state index in [2.05, 4.69) is 164 Å². The lowest BCUT2D eigenvalue weighted by Crippen LogP contribution is -3.11. The molecule has 0 fully saturated rings. The van der Waals surface area contributed by atoms with E-state index in [9.17, 15) is 9.18 Å². The van der Waals surface area contributed by atoms with Gasteiger partial charge >= 0.3 is 0 Å². The van der Waals surface area contributed by atoms with Crippen molar-refractivity contribution < 1.29 is 26.5 Å². The second kappa shape index (κ2) is 29.8. The third-order valence-electron chi connectivity index (χ3n) is 8.78. The molecule has 0 aliphatic rings. The summed E-state index contributed by atoms with van der Waals surface area (Å²) in [5.41, 5.74) is 8.02. The zero-order chi connectivity index (χ0) is 42.6. The van der Waals surface area contributed by atoms with Gasteiger partial charge in [-0.3, -0.25) is 0 Å². The molecular weight excluding hydrogens is 761 g/mol. The van der Waals surface area contributed by atoms with Crippen LogP contribution >= 0.6 is 0 Å². The summed E-state index contributed by atoms with van der Waals surface area (Å²) in [6, 6.07) is 62.7. The number of halogens is 2. The van der Waals surface area contributed by atoms with Gasteiger partial charge in [-0.05, 0) is 56.1 Å². The third-order valence-corrected chi connectivity index (χ3v) is 8.78. The lowest BCUT2D eigenvalue weighted by atomic mass is 10.1. The molecule has 0 radical (unpaired) electrons. The van der Waals surface area contributed by atoms with Crippen molar-refractivity contribution in [1.82, 2.24) is 10.2 Å². The maximum atomic E-state index is 14.0. The molecule has 6 heteroatoms. The Morgan fingerprint density at radius 3 is 1.12 bits per heavy atom. The van der Waals surface area contributed by atoms with Crippen LogP contribution in [-0.4, -0.2) is 23.4 Å². The Morgan fingerprint density at radius 1 is 0.567 bits per heavy atom. The fourth-order valence-corrected chi connectivity index (χ4v) is 6.24. The molecule has 0 amide bonds. The van der Waals surface area contributed by atoms with Crippen LogP contribution in [0.25, 0.3) is 0 Å². The maximum absolute atomic E-state index is 14.0. The molecule has 0 aromatic heterocycles. The fraction of sp³-hybridized carbons (Fsp3) is 0.278. The molecule has 0 aliphatic carbocycles. The first-order valence-corrected chi connectivity index (χ1v) is 20.8. The summed E-state index contributed by atoms with van der Waals surface area (Å²) in [5.74, 6) is 0.204. The molecule has 2 N–H and O–H groups in total. The van der Waals surface area contributed by atoms with Crippen molar-refractivity contribution in [1.29, 1.82) is 0 Å². The summed E-state index contributed by atoms with van der Waals surface area (Å²) in [7, 11) is 0. The number of hydrogen-bond donors (Lipinski definition) is 2. The quantitative estimate of drug-likeness (QED) is 0.0963. The number of rotatable bonds is 16. The Bertz CT molecular complexity index is 1830. The number of carbonyl (C=O) groups is 1. The van der Waals surface area contributed by atoms with E-state index >= 15 is 0 Å². The molecule has 0 bridgehead atoms. The van der Waals surface area contributed by atoms with Crippen LogP contribution in [0.2, 0.25) is 0 Å². The van der Waals surface area contributed by atoms with Gasteiger partial charge in [0.1, 0.15) is 25.9 Å². The summed E-state index contributed by atoms with van der Waals surface area (Å²) in [5, 5.41) is 3.42. The SMILES string of the molecule is CC(C)(F)C[NH+](Cc1ccccc1)Cc1ccccc1.CC(C)=CN(Cc1ccccc1)Cc1ccccc1.CC(C)C=O.[Cl-].c1ccc(CNCc2ccccc2)cc1. The largest absolute Gasteiger partial charge is 1.00 e. The van der Waals surface area contributed by atoms with Gasteiger partial charge < -0.3 is 32.3 Å². The van der Waals surface area contributed by atoms with E-state index in [1.165, 1.54) is 43.9 Å². The van der Waals surface area contributed by atoms with E-state index in [0.717, 1.165) is 45.6 Å². The molecule has 0 spiro atoms. The Morgan fingerprint density at radius 2 is 0.850 bits per heavy atom. The molecule has 6 rings (SSSR count). The van der Waals surface area contributed by atoms with Crippen molar-refractivity contribution >= 4 is 6.29 Å². The summed E-state index contributed by atoms with van der Waals surface area (Å²) in [4.78, 5) is 13.1. The van der Waals surface area contributed by atoms with Crippen molar-refractivity contribution in [3.8, 4) is 0 Å². The topological polar surface area (TPSA) is 36.8 Å². The second-order valence-corrected chi connectivity index (χ2v) is 16.0. The van der Waals surface area contributed by atoms with Gasteiger partial charge in [-0.2, -0.15) is 0 Å². The number of alkyl halides is 1. The van der Waals surface area contributed by atoms with Crippen molar-refractivity contribution in [2.75, 3.05) is 6.54 Å². The highest BCUT2D eigenvalue weighted by Gasteiger charge is 2.24. The molecule has 0 heterocycles. The normalized spacial score (nSPS) is 10.3. The highest BCUT2D eigenvalue weighted by atomic mass is 35.5. The van der Waals surface area contributed by atoms with E-state index in [4.69, 9.17) is 0 Å². The first-order chi connectivity index (χ1) is 28.5. The van der Waals surface area contributed by atoms with Crippen LogP contribution in [0.4, 0.5) is 4.39 Å². The van der Waals surface area contributed by atoms with Gasteiger partial charge in [-0.25, -0.2) is 4.39 Å². The van der Waals surface area contributed by atoms with Gasteiger partial charge in [0.15, 0.2) is 5.67 Å². The fourth-order valence-electron chi connectivity index (χ4n) is 6.24. The van der Waals surface area contributed by atoms with Crippen LogP contribution in [0.15, 0.2) is 194 Å². The van der Waals surface area contributed by atoms with Crippen LogP contribution in [0.1, 0.15) is 74.9 Å². The molecule has 6 aromatic carbocycles. The molecule has 60 heavy (non-hydrogen) atoms. The molecular formula is C54H67ClFN3O. The minimum absolute atomic E-state index is 0. The summed E-state index contributed by atoms with van der Waals surface area (Å²) < 4.78 is 14.0. The van der Waals surface area contributed by atoms with Gasteiger partial charge in [0, 0.05) is 43.2 Å².